The molecule has 4 rings (SSSR count). The van der Waals surface area contributed by atoms with E-state index in [0.717, 1.165) is 28.1 Å². The van der Waals surface area contributed by atoms with E-state index in [9.17, 15) is 22.4 Å². The molecule has 1 aliphatic rings. The molecule has 0 aliphatic carbocycles. The van der Waals surface area contributed by atoms with Gasteiger partial charge in [0.05, 0.1) is 24.6 Å². The molecular weight excluding hydrogens is 486 g/mol. The molecule has 0 bridgehead atoms. The van der Waals surface area contributed by atoms with E-state index in [1.807, 2.05) is 4.57 Å². The van der Waals surface area contributed by atoms with Gasteiger partial charge in [0.1, 0.15) is 5.82 Å². The number of fused-ring (bicyclic) bond motifs is 3. The largest absolute Gasteiger partial charge is 0.469 e. The molecule has 158 valence electrons. The van der Waals surface area contributed by atoms with Gasteiger partial charge < -0.3 is 9.30 Å². The molecule has 2 heterocycles. The maximum absolute atomic E-state index is 14.1. The third kappa shape index (κ3) is 3.85. The lowest BCUT2D eigenvalue weighted by atomic mass is 10.00. The molecule has 1 aromatic heterocycles. The summed E-state index contributed by atoms with van der Waals surface area (Å²) < 4.78 is 60.1. The zero-order valence-electron chi connectivity index (χ0n) is 15.7. The minimum Gasteiger partial charge on any atom is -0.469 e. The van der Waals surface area contributed by atoms with Crippen LogP contribution < -0.4 is 0 Å². The van der Waals surface area contributed by atoms with Gasteiger partial charge in [-0.1, -0.05) is 11.8 Å². The van der Waals surface area contributed by atoms with Crippen LogP contribution >= 0.6 is 27.7 Å². The summed E-state index contributed by atoms with van der Waals surface area (Å²) in [6.07, 6.45) is -3.51. The van der Waals surface area contributed by atoms with Crippen molar-refractivity contribution in [1.29, 1.82) is 0 Å². The van der Waals surface area contributed by atoms with Crippen molar-refractivity contribution in [2.24, 2.45) is 0 Å². The van der Waals surface area contributed by atoms with Crippen LogP contribution in [0.25, 0.3) is 10.9 Å². The molecule has 0 N–H and O–H groups in total. The molecule has 0 spiro atoms. The van der Waals surface area contributed by atoms with Crippen molar-refractivity contribution in [3.05, 3.63) is 57.9 Å². The molecule has 0 fully saturated rings. The van der Waals surface area contributed by atoms with Crippen LogP contribution in [0.5, 0.6) is 0 Å². The average Bonchev–Trinajstić information content (AvgIpc) is 3.21. The van der Waals surface area contributed by atoms with Crippen LogP contribution in [-0.2, 0) is 22.3 Å². The molecule has 0 amide bonds. The van der Waals surface area contributed by atoms with E-state index >= 15 is 0 Å². The Bertz CT molecular complexity index is 1120. The molecular formula is C21H16BrF4NO2S. The topological polar surface area (TPSA) is 31.2 Å². The van der Waals surface area contributed by atoms with Crippen LogP contribution in [0.15, 0.2) is 50.7 Å². The van der Waals surface area contributed by atoms with Crippen molar-refractivity contribution >= 4 is 44.6 Å². The first-order valence-corrected chi connectivity index (χ1v) is 10.7. The minimum absolute atomic E-state index is 0.114. The summed E-state index contributed by atoms with van der Waals surface area (Å²) in [7, 11) is 1.33. The molecule has 30 heavy (non-hydrogen) atoms. The Morgan fingerprint density at radius 1 is 1.27 bits per heavy atom. The maximum atomic E-state index is 14.1. The Kier molecular flexibility index (Phi) is 5.61. The van der Waals surface area contributed by atoms with Gasteiger partial charge >= 0.3 is 12.1 Å². The normalized spacial score (nSPS) is 16.1. The van der Waals surface area contributed by atoms with Gasteiger partial charge in [-0.3, -0.25) is 4.79 Å². The van der Waals surface area contributed by atoms with E-state index in [2.05, 4.69) is 15.9 Å². The van der Waals surface area contributed by atoms with E-state index in [1.54, 1.807) is 0 Å². The highest BCUT2D eigenvalue weighted by molar-refractivity contribution is 9.10. The number of hydrogen-bond acceptors (Lipinski definition) is 3. The number of ether oxygens (including phenoxy) is 1. The van der Waals surface area contributed by atoms with Crippen molar-refractivity contribution in [1.82, 2.24) is 4.57 Å². The minimum atomic E-state index is -4.40. The van der Waals surface area contributed by atoms with Gasteiger partial charge in [-0.05, 0) is 58.7 Å². The Labute approximate surface area is 182 Å². The Hall–Kier alpha value is -2.00. The standard InChI is InChI=1S/C21H16BrF4NO2S/c1-29-17(28)8-11-6-7-27-16-10-13(23)9-15(22)18(16)20(19(11)27)30-14-4-2-12(3-5-14)21(24,25)26/h2-5,9-11H,6-8H2,1H3/t11-/m1/s1. The highest BCUT2D eigenvalue weighted by atomic mass is 79.9. The van der Waals surface area contributed by atoms with Crippen LogP contribution in [0, 0.1) is 5.82 Å². The van der Waals surface area contributed by atoms with Crippen molar-refractivity contribution in [3.63, 3.8) is 0 Å². The summed E-state index contributed by atoms with van der Waals surface area (Å²) in [5, 5.41) is 0.783. The summed E-state index contributed by atoms with van der Waals surface area (Å²) in [5.74, 6) is -0.844. The first kappa shape index (κ1) is 21.2. The molecule has 1 atom stereocenters. The monoisotopic (exact) mass is 501 g/mol. The fourth-order valence-electron chi connectivity index (χ4n) is 3.86. The number of esters is 1. The highest BCUT2D eigenvalue weighted by Gasteiger charge is 2.33. The lowest BCUT2D eigenvalue weighted by Gasteiger charge is -2.12. The molecule has 0 radical (unpaired) electrons. The number of hydrogen-bond donors (Lipinski definition) is 0. The molecule has 0 unspecified atom stereocenters. The van der Waals surface area contributed by atoms with Crippen molar-refractivity contribution < 1.29 is 27.1 Å². The lowest BCUT2D eigenvalue weighted by molar-refractivity contribution is -0.141. The Morgan fingerprint density at radius 2 is 1.97 bits per heavy atom. The van der Waals surface area contributed by atoms with Crippen LogP contribution in [0.1, 0.15) is 30.0 Å². The van der Waals surface area contributed by atoms with E-state index in [1.165, 1.54) is 43.1 Å². The first-order valence-electron chi connectivity index (χ1n) is 9.12. The van der Waals surface area contributed by atoms with Gasteiger partial charge in [-0.2, -0.15) is 13.2 Å². The highest BCUT2D eigenvalue weighted by Crippen LogP contribution is 2.49. The number of rotatable bonds is 4. The lowest BCUT2D eigenvalue weighted by Crippen LogP contribution is -2.07. The second-order valence-electron chi connectivity index (χ2n) is 7.04. The number of halogens is 5. The Balaban J connectivity index is 1.82. The number of benzene rings is 2. The zero-order valence-corrected chi connectivity index (χ0v) is 18.1. The van der Waals surface area contributed by atoms with E-state index in [0.29, 0.717) is 27.9 Å². The number of carbonyl (C=O) groups is 1. The maximum Gasteiger partial charge on any atom is 0.416 e. The van der Waals surface area contributed by atoms with Gasteiger partial charge in [0.15, 0.2) is 0 Å². The smallest absolute Gasteiger partial charge is 0.416 e. The third-order valence-corrected chi connectivity index (χ3v) is 6.96. The molecule has 3 nitrogen and oxygen atoms in total. The molecule has 0 saturated carbocycles. The van der Waals surface area contributed by atoms with Crippen molar-refractivity contribution in [2.45, 2.75) is 41.3 Å². The number of aryl methyl sites for hydroxylation is 1. The number of alkyl halides is 3. The molecule has 9 heteroatoms. The quantitative estimate of drug-likeness (QED) is 0.292. The summed E-state index contributed by atoms with van der Waals surface area (Å²) in [5.41, 5.74) is 0.857. The van der Waals surface area contributed by atoms with Gasteiger partial charge in [0.25, 0.3) is 0 Å². The van der Waals surface area contributed by atoms with Crippen LogP contribution in [-0.4, -0.2) is 17.6 Å². The predicted molar refractivity (Wildman–Crippen MR) is 109 cm³/mol. The van der Waals surface area contributed by atoms with Crippen LogP contribution in [0.4, 0.5) is 17.6 Å². The summed E-state index contributed by atoms with van der Waals surface area (Å²) >= 11 is 4.74. The van der Waals surface area contributed by atoms with Gasteiger partial charge in [-0.25, -0.2) is 4.39 Å². The molecule has 3 aromatic rings. The number of methoxy groups -OCH3 is 1. The summed E-state index contributed by atoms with van der Waals surface area (Å²) in [6, 6.07) is 7.74. The van der Waals surface area contributed by atoms with Crippen molar-refractivity contribution in [2.75, 3.05) is 7.11 Å². The molecule has 1 aliphatic heterocycles. The Morgan fingerprint density at radius 3 is 2.60 bits per heavy atom. The predicted octanol–water partition coefficient (Wildman–Crippen LogP) is 6.76. The average molecular weight is 502 g/mol. The third-order valence-electron chi connectivity index (χ3n) is 5.21. The van der Waals surface area contributed by atoms with E-state index < -0.39 is 17.6 Å². The van der Waals surface area contributed by atoms with E-state index in [4.69, 9.17) is 4.74 Å². The van der Waals surface area contributed by atoms with Crippen LogP contribution in [0.3, 0.4) is 0 Å². The SMILES string of the molecule is COC(=O)C[C@H]1CCn2c1c(Sc1ccc(C(F)(F)F)cc1)c1c(Br)cc(F)cc12. The van der Waals surface area contributed by atoms with Gasteiger partial charge in [0.2, 0.25) is 0 Å². The summed E-state index contributed by atoms with van der Waals surface area (Å²) in [4.78, 5) is 13.3. The van der Waals surface area contributed by atoms with Crippen molar-refractivity contribution in [3.8, 4) is 0 Å². The second-order valence-corrected chi connectivity index (χ2v) is 8.98. The zero-order chi connectivity index (χ0) is 21.6. The van der Waals surface area contributed by atoms with E-state index in [-0.39, 0.29) is 18.3 Å². The number of carbonyl (C=O) groups excluding carboxylic acids is 1. The van der Waals surface area contributed by atoms with Gasteiger partial charge in [0, 0.05) is 37.8 Å². The summed E-state index contributed by atoms with van der Waals surface area (Å²) in [6.45, 7) is 0.622. The van der Waals surface area contributed by atoms with Gasteiger partial charge in [-0.15, -0.1) is 0 Å². The number of aromatic nitrogens is 1. The second kappa shape index (κ2) is 7.92. The number of nitrogens with zero attached hydrogens (tertiary/aromatic N) is 1. The molecule has 0 saturated heterocycles. The molecule has 2 aromatic carbocycles. The fourth-order valence-corrected chi connectivity index (χ4v) is 5.82. The fraction of sp³-hybridized carbons (Fsp3) is 0.286. The first-order chi connectivity index (χ1) is 14.2. The van der Waals surface area contributed by atoms with Crippen LogP contribution in [0.2, 0.25) is 0 Å².